The molecule has 12 nitrogen and oxygen atoms in total. The van der Waals surface area contributed by atoms with Crippen LogP contribution in [-0.2, 0) is 9.59 Å². The molecule has 0 atom stereocenters. The Morgan fingerprint density at radius 1 is 0.483 bits per heavy atom. The Balaban J connectivity index is 2.89. The van der Waals surface area contributed by atoms with Crippen molar-refractivity contribution >= 4 is 11.9 Å². The van der Waals surface area contributed by atoms with Crippen LogP contribution in [0.2, 0.25) is 0 Å². The zero-order chi connectivity index (χ0) is 21.6. The minimum atomic E-state index is -0.971. The van der Waals surface area contributed by atoms with Gasteiger partial charge in [-0.2, -0.15) is 0 Å². The number of rotatable bonds is 7. The summed E-state index contributed by atoms with van der Waals surface area (Å²) in [5, 5.41) is 47.0. The molecule has 29 heavy (non-hydrogen) atoms. The first kappa shape index (κ1) is 25.7. The monoisotopic (exact) mass is 421 g/mol. The molecule has 0 spiro atoms. The van der Waals surface area contributed by atoms with Crippen molar-refractivity contribution in [2.45, 2.75) is 0 Å². The van der Waals surface area contributed by atoms with Gasteiger partial charge in [-0.25, -0.2) is 0 Å². The van der Waals surface area contributed by atoms with Crippen molar-refractivity contribution in [3.05, 3.63) is 0 Å². The van der Waals surface area contributed by atoms with Crippen LogP contribution in [0.25, 0.3) is 0 Å². The van der Waals surface area contributed by atoms with Crippen LogP contribution in [0.3, 0.4) is 0 Å². The second-order valence-corrected chi connectivity index (χ2v) is 7.12. The van der Waals surface area contributed by atoms with Gasteiger partial charge in [0.15, 0.2) is 0 Å². The van der Waals surface area contributed by atoms with Crippen LogP contribution >= 0.6 is 0 Å². The zero-order valence-corrected chi connectivity index (χ0v) is 16.9. The molecule has 0 bridgehead atoms. The fourth-order valence-corrected chi connectivity index (χ4v) is 3.10. The fourth-order valence-electron chi connectivity index (χ4n) is 3.10. The number of hydrogen-bond donors (Lipinski definition) is 5. The molecular weight excluding hydrogens is 386 g/mol. The van der Waals surface area contributed by atoms with Crippen molar-refractivity contribution in [1.82, 2.24) is 24.5 Å². The number of aliphatic hydroxyl groups is 3. The Morgan fingerprint density at radius 2 is 0.690 bits per heavy atom. The zero-order valence-electron chi connectivity index (χ0n) is 16.9. The van der Waals surface area contributed by atoms with E-state index in [9.17, 15) is 24.9 Å². The van der Waals surface area contributed by atoms with Crippen LogP contribution < -0.4 is 0 Å². The summed E-state index contributed by atoms with van der Waals surface area (Å²) in [6, 6.07) is 0. The Hall–Kier alpha value is -1.38. The smallest absolute Gasteiger partial charge is 0.317 e. The van der Waals surface area contributed by atoms with Crippen LogP contribution in [0.5, 0.6) is 0 Å². The lowest BCUT2D eigenvalue weighted by molar-refractivity contribution is -0.140. The maximum atomic E-state index is 11.2. The number of nitrogens with zero attached hydrogens (tertiary/aromatic N) is 5. The number of carbonyl (C=O) groups is 2. The minimum Gasteiger partial charge on any atom is -0.480 e. The third-order valence-electron chi connectivity index (χ3n) is 4.98. The van der Waals surface area contributed by atoms with Gasteiger partial charge in [0.05, 0.1) is 33.3 Å². The van der Waals surface area contributed by atoms with E-state index in [0.717, 1.165) is 0 Å². The lowest BCUT2D eigenvalue weighted by atomic mass is 10.3. The molecule has 1 rings (SSSR count). The Morgan fingerprint density at radius 3 is 0.862 bits per heavy atom. The molecule has 170 valence electrons. The Bertz CT molecular complexity index is 445. The second kappa shape index (κ2) is 14.6. The highest BCUT2D eigenvalue weighted by Crippen LogP contribution is 2.00. The van der Waals surface area contributed by atoms with E-state index in [1.54, 1.807) is 24.5 Å². The topological polar surface area (TPSA) is 151 Å². The number of hydrogen-bond acceptors (Lipinski definition) is 10. The third kappa shape index (κ3) is 11.4. The molecule has 1 saturated heterocycles. The number of carboxylic acids is 2. The molecule has 0 aromatic heterocycles. The molecule has 0 unspecified atom stereocenters. The molecular formula is C17H35N5O7. The average molecular weight is 421 g/mol. The van der Waals surface area contributed by atoms with Crippen molar-refractivity contribution in [2.24, 2.45) is 0 Å². The maximum absolute atomic E-state index is 11.2. The lowest BCUT2D eigenvalue weighted by Crippen LogP contribution is -2.45. The van der Waals surface area contributed by atoms with Gasteiger partial charge >= 0.3 is 11.9 Å². The molecule has 0 aliphatic carbocycles. The van der Waals surface area contributed by atoms with E-state index in [4.69, 9.17) is 10.2 Å². The largest absolute Gasteiger partial charge is 0.480 e. The summed E-state index contributed by atoms with van der Waals surface area (Å²) in [5.74, 6) is -1.94. The molecule has 5 N–H and O–H groups in total. The SMILES string of the molecule is O=C(O)CN1CCN(CO)CCN(CO)CCN(CO)CCN(CC(=O)O)CC1. The van der Waals surface area contributed by atoms with Crippen molar-refractivity contribution in [1.29, 1.82) is 0 Å². The quantitative estimate of drug-likeness (QED) is 0.278. The summed E-state index contributed by atoms with van der Waals surface area (Å²) in [6.07, 6.45) is 0. The molecule has 0 radical (unpaired) electrons. The first-order valence-electron chi connectivity index (χ1n) is 9.75. The van der Waals surface area contributed by atoms with Crippen molar-refractivity contribution in [3.63, 3.8) is 0 Å². The van der Waals surface area contributed by atoms with Crippen molar-refractivity contribution < 1.29 is 35.1 Å². The number of aliphatic hydroxyl groups excluding tert-OH is 3. The van der Waals surface area contributed by atoms with Gasteiger partial charge in [-0.1, -0.05) is 0 Å². The highest BCUT2D eigenvalue weighted by atomic mass is 16.4. The van der Waals surface area contributed by atoms with Gasteiger partial charge < -0.3 is 25.5 Å². The Labute approximate surface area is 171 Å². The summed E-state index contributed by atoms with van der Waals surface area (Å²) >= 11 is 0. The van der Waals surface area contributed by atoms with Gasteiger partial charge in [0.2, 0.25) is 0 Å². The van der Waals surface area contributed by atoms with Gasteiger partial charge in [-0.15, -0.1) is 0 Å². The van der Waals surface area contributed by atoms with E-state index < -0.39 is 11.9 Å². The van der Waals surface area contributed by atoms with Gasteiger partial charge in [-0.05, 0) is 0 Å². The third-order valence-corrected chi connectivity index (χ3v) is 4.98. The van der Waals surface area contributed by atoms with E-state index in [1.165, 1.54) is 0 Å². The van der Waals surface area contributed by atoms with E-state index in [1.807, 2.05) is 0 Å². The van der Waals surface area contributed by atoms with Gasteiger partial charge in [0, 0.05) is 65.4 Å². The normalized spacial score (nSPS) is 21.5. The van der Waals surface area contributed by atoms with Crippen LogP contribution in [0.4, 0.5) is 0 Å². The van der Waals surface area contributed by atoms with Crippen LogP contribution in [0.1, 0.15) is 0 Å². The minimum absolute atomic E-state index is 0.158. The van der Waals surface area contributed by atoms with Gasteiger partial charge in [0.25, 0.3) is 0 Å². The van der Waals surface area contributed by atoms with Crippen molar-refractivity contribution in [3.8, 4) is 0 Å². The first-order chi connectivity index (χ1) is 13.9. The second-order valence-electron chi connectivity index (χ2n) is 7.12. The van der Waals surface area contributed by atoms with Crippen LogP contribution in [-0.4, -0.2) is 161 Å². The van der Waals surface area contributed by atoms with Crippen LogP contribution in [0.15, 0.2) is 0 Å². The predicted molar refractivity (Wildman–Crippen MR) is 104 cm³/mol. The average Bonchev–Trinajstić information content (AvgIpc) is 2.68. The molecule has 1 aliphatic rings. The van der Waals surface area contributed by atoms with Gasteiger partial charge in [-0.3, -0.25) is 34.1 Å². The number of carboxylic acid groups (broad SMARTS) is 2. The summed E-state index contributed by atoms with van der Waals surface area (Å²) in [4.78, 5) is 31.1. The first-order valence-corrected chi connectivity index (χ1v) is 9.75. The summed E-state index contributed by atoms with van der Waals surface area (Å²) in [7, 11) is 0. The summed E-state index contributed by atoms with van der Waals surface area (Å²) in [6.45, 7) is 3.63. The fraction of sp³-hybridized carbons (Fsp3) is 0.882. The highest BCUT2D eigenvalue weighted by Gasteiger charge is 2.18. The van der Waals surface area contributed by atoms with Gasteiger partial charge in [0.1, 0.15) is 0 Å². The van der Waals surface area contributed by atoms with E-state index in [2.05, 4.69) is 0 Å². The maximum Gasteiger partial charge on any atom is 0.317 e. The molecule has 0 aromatic carbocycles. The highest BCUT2D eigenvalue weighted by molar-refractivity contribution is 5.69. The molecule has 1 fully saturated rings. The molecule has 1 heterocycles. The molecule has 12 heteroatoms. The summed E-state index contributed by atoms with van der Waals surface area (Å²) in [5.41, 5.74) is 0. The predicted octanol–water partition coefficient (Wildman–Crippen LogP) is -3.47. The lowest BCUT2D eigenvalue weighted by Gasteiger charge is -2.28. The van der Waals surface area contributed by atoms with Crippen LogP contribution in [0, 0.1) is 0 Å². The van der Waals surface area contributed by atoms with E-state index >= 15 is 0 Å². The number of aliphatic carboxylic acids is 2. The standard InChI is InChI=1S/C17H35N5O7/c23-13-20-5-3-18(11-16(26)27)1-2-19(12-17(28)29)4-6-21(14-24)8-10-22(15-25)9-7-20/h23-25H,1-15H2,(H,26,27)(H,28,29). The van der Waals surface area contributed by atoms with E-state index in [-0.39, 0.29) is 33.3 Å². The van der Waals surface area contributed by atoms with E-state index in [0.29, 0.717) is 65.4 Å². The molecule has 0 amide bonds. The summed E-state index contributed by atoms with van der Waals surface area (Å²) < 4.78 is 0. The molecule has 0 saturated carbocycles. The van der Waals surface area contributed by atoms with Crippen molar-refractivity contribution in [2.75, 3.05) is 98.7 Å². The Kier molecular flexibility index (Phi) is 12.9. The molecule has 0 aromatic rings. The molecule has 1 aliphatic heterocycles.